The third kappa shape index (κ3) is 3.92. The lowest BCUT2D eigenvalue weighted by Gasteiger charge is -2.36. The van der Waals surface area contributed by atoms with Crippen LogP contribution in [0, 0.1) is 5.92 Å². The van der Waals surface area contributed by atoms with Crippen molar-refractivity contribution in [3.05, 3.63) is 24.3 Å². The van der Waals surface area contributed by atoms with E-state index in [9.17, 15) is 4.79 Å². The highest BCUT2D eigenvalue weighted by Crippen LogP contribution is 2.35. The first kappa shape index (κ1) is 17.3. The van der Waals surface area contributed by atoms with Gasteiger partial charge in [0, 0.05) is 12.8 Å². The molecule has 0 unspecified atom stereocenters. The molecule has 3 rings (SSSR count). The van der Waals surface area contributed by atoms with E-state index in [2.05, 4.69) is 12.2 Å². The van der Waals surface area contributed by atoms with Crippen LogP contribution in [0.1, 0.15) is 58.3 Å². The van der Waals surface area contributed by atoms with Crippen molar-refractivity contribution < 1.29 is 14.3 Å². The van der Waals surface area contributed by atoms with Gasteiger partial charge in [-0.2, -0.15) is 0 Å². The van der Waals surface area contributed by atoms with Crippen LogP contribution in [0.3, 0.4) is 0 Å². The van der Waals surface area contributed by atoms with Gasteiger partial charge in [-0.05, 0) is 81.5 Å². The summed E-state index contributed by atoms with van der Waals surface area (Å²) in [6.07, 6.45) is 8.82. The van der Waals surface area contributed by atoms with Crippen LogP contribution in [0.2, 0.25) is 0 Å². The lowest BCUT2D eigenvalue weighted by atomic mass is 9.79. The van der Waals surface area contributed by atoms with Crippen LogP contribution in [0.4, 0.5) is 5.69 Å². The molecule has 1 amide bonds. The van der Waals surface area contributed by atoms with Crippen molar-refractivity contribution in [2.45, 2.75) is 70.0 Å². The van der Waals surface area contributed by atoms with E-state index in [1.54, 1.807) is 7.11 Å². The molecule has 24 heavy (non-hydrogen) atoms. The van der Waals surface area contributed by atoms with Gasteiger partial charge in [-0.15, -0.1) is 0 Å². The zero-order valence-corrected chi connectivity index (χ0v) is 14.8. The molecule has 0 aliphatic heterocycles. The normalized spacial score (nSPS) is 27.8. The molecule has 0 atom stereocenters. The van der Waals surface area contributed by atoms with Crippen molar-refractivity contribution >= 4 is 11.6 Å². The number of benzene rings is 1. The van der Waals surface area contributed by atoms with Crippen molar-refractivity contribution in [1.82, 2.24) is 0 Å². The molecule has 0 saturated heterocycles. The maximum atomic E-state index is 12.7. The Morgan fingerprint density at radius 2 is 1.71 bits per heavy atom. The summed E-state index contributed by atoms with van der Waals surface area (Å²) >= 11 is 0. The molecule has 4 nitrogen and oxygen atoms in total. The van der Waals surface area contributed by atoms with Gasteiger partial charge in [-0.25, -0.2) is 0 Å². The lowest BCUT2D eigenvalue weighted by molar-refractivity contribution is -0.142. The smallest absolute Gasteiger partial charge is 0.256 e. The predicted molar refractivity (Wildman–Crippen MR) is 95.3 cm³/mol. The standard InChI is InChI=1S/C20H29NO3/c1-15-11-13-20(23-2,14-12-15)19(22)21-16-7-9-18(10-8-16)24-17-5-3-4-6-17/h7-10,15,17H,3-6,11-14H2,1-2H3,(H,21,22). The van der Waals surface area contributed by atoms with Crippen LogP contribution in [0.15, 0.2) is 24.3 Å². The van der Waals surface area contributed by atoms with Gasteiger partial charge in [0.2, 0.25) is 0 Å². The zero-order chi connectivity index (χ0) is 17.0. The Morgan fingerprint density at radius 3 is 2.29 bits per heavy atom. The number of hydrogen-bond acceptors (Lipinski definition) is 3. The summed E-state index contributed by atoms with van der Waals surface area (Å²) in [5, 5.41) is 3.02. The minimum absolute atomic E-state index is 0.0265. The highest BCUT2D eigenvalue weighted by atomic mass is 16.5. The lowest BCUT2D eigenvalue weighted by Crippen LogP contribution is -2.47. The van der Waals surface area contributed by atoms with E-state index >= 15 is 0 Å². The highest BCUT2D eigenvalue weighted by molar-refractivity contribution is 5.97. The van der Waals surface area contributed by atoms with Crippen LogP contribution in [-0.4, -0.2) is 24.7 Å². The summed E-state index contributed by atoms with van der Waals surface area (Å²) in [6.45, 7) is 2.24. The monoisotopic (exact) mass is 331 g/mol. The molecule has 0 spiro atoms. The molecular formula is C20H29NO3. The van der Waals surface area contributed by atoms with Gasteiger partial charge in [0.25, 0.3) is 5.91 Å². The Labute approximate surface area is 144 Å². The third-order valence-corrected chi connectivity index (χ3v) is 5.60. The van der Waals surface area contributed by atoms with E-state index < -0.39 is 5.60 Å². The molecule has 0 heterocycles. The fourth-order valence-electron chi connectivity index (χ4n) is 3.81. The number of carbonyl (C=O) groups excluding carboxylic acids is 1. The third-order valence-electron chi connectivity index (χ3n) is 5.60. The number of rotatable bonds is 5. The minimum Gasteiger partial charge on any atom is -0.490 e. The number of amides is 1. The van der Waals surface area contributed by atoms with Crippen LogP contribution in [0.5, 0.6) is 5.75 Å². The number of hydrogen-bond donors (Lipinski definition) is 1. The van der Waals surface area contributed by atoms with Crippen molar-refractivity contribution in [1.29, 1.82) is 0 Å². The van der Waals surface area contributed by atoms with E-state index in [-0.39, 0.29) is 5.91 Å². The van der Waals surface area contributed by atoms with E-state index in [1.165, 1.54) is 12.8 Å². The van der Waals surface area contributed by atoms with Crippen LogP contribution in [0.25, 0.3) is 0 Å². The first-order valence-corrected chi connectivity index (χ1v) is 9.25. The fraction of sp³-hybridized carbons (Fsp3) is 0.650. The Hall–Kier alpha value is -1.55. The van der Waals surface area contributed by atoms with Crippen molar-refractivity contribution in [2.75, 3.05) is 12.4 Å². The van der Waals surface area contributed by atoms with Gasteiger partial charge in [0.1, 0.15) is 11.4 Å². The summed E-state index contributed by atoms with van der Waals surface area (Å²) in [5.74, 6) is 1.53. The zero-order valence-electron chi connectivity index (χ0n) is 14.8. The SMILES string of the molecule is COC1(C(=O)Nc2ccc(OC3CCCC3)cc2)CCC(C)CC1. The van der Waals surface area contributed by atoms with Gasteiger partial charge in [-0.1, -0.05) is 6.92 Å². The number of ether oxygens (including phenoxy) is 2. The van der Waals surface area contributed by atoms with Gasteiger partial charge in [-0.3, -0.25) is 4.79 Å². The topological polar surface area (TPSA) is 47.6 Å². The number of nitrogens with one attached hydrogen (secondary N) is 1. The molecule has 2 saturated carbocycles. The molecule has 1 N–H and O–H groups in total. The van der Waals surface area contributed by atoms with Crippen LogP contribution in [-0.2, 0) is 9.53 Å². The molecule has 1 aromatic rings. The molecule has 1 aromatic carbocycles. The maximum Gasteiger partial charge on any atom is 0.256 e. The van der Waals surface area contributed by atoms with E-state index in [0.29, 0.717) is 12.0 Å². The van der Waals surface area contributed by atoms with Crippen molar-refractivity contribution in [3.8, 4) is 5.75 Å². The summed E-state index contributed by atoms with van der Waals surface area (Å²) in [4.78, 5) is 12.7. The summed E-state index contributed by atoms with van der Waals surface area (Å²) in [6, 6.07) is 7.71. The van der Waals surface area contributed by atoms with Crippen molar-refractivity contribution in [3.63, 3.8) is 0 Å². The van der Waals surface area contributed by atoms with Gasteiger partial charge in [0.15, 0.2) is 0 Å². The molecule has 2 aliphatic rings. The summed E-state index contributed by atoms with van der Waals surface area (Å²) in [5.41, 5.74) is 0.125. The molecule has 4 heteroatoms. The summed E-state index contributed by atoms with van der Waals surface area (Å²) < 4.78 is 11.6. The second-order valence-electron chi connectivity index (χ2n) is 7.38. The molecular weight excluding hydrogens is 302 g/mol. The minimum atomic E-state index is -0.675. The highest BCUT2D eigenvalue weighted by Gasteiger charge is 2.41. The fourth-order valence-corrected chi connectivity index (χ4v) is 3.81. The first-order chi connectivity index (χ1) is 11.6. The molecule has 0 radical (unpaired) electrons. The second kappa shape index (κ2) is 7.56. The first-order valence-electron chi connectivity index (χ1n) is 9.25. The molecule has 2 fully saturated rings. The average Bonchev–Trinajstić information content (AvgIpc) is 3.10. The average molecular weight is 331 g/mol. The van der Waals surface area contributed by atoms with E-state index in [4.69, 9.17) is 9.47 Å². The second-order valence-corrected chi connectivity index (χ2v) is 7.38. The Kier molecular flexibility index (Phi) is 5.44. The Balaban J connectivity index is 1.59. The molecule has 2 aliphatic carbocycles. The molecule has 0 aromatic heterocycles. The predicted octanol–water partition coefficient (Wildman–Crippen LogP) is 4.54. The van der Waals surface area contributed by atoms with Crippen LogP contribution < -0.4 is 10.1 Å². The van der Waals surface area contributed by atoms with Gasteiger partial charge < -0.3 is 14.8 Å². The quantitative estimate of drug-likeness (QED) is 0.861. The Morgan fingerprint density at radius 1 is 1.08 bits per heavy atom. The van der Waals surface area contributed by atoms with Gasteiger partial charge >= 0.3 is 0 Å². The van der Waals surface area contributed by atoms with E-state index in [0.717, 1.165) is 50.0 Å². The molecule has 132 valence electrons. The van der Waals surface area contributed by atoms with Crippen molar-refractivity contribution in [2.24, 2.45) is 5.92 Å². The van der Waals surface area contributed by atoms with E-state index in [1.807, 2.05) is 24.3 Å². The van der Waals surface area contributed by atoms with Gasteiger partial charge in [0.05, 0.1) is 6.10 Å². The number of methoxy groups -OCH3 is 1. The summed E-state index contributed by atoms with van der Waals surface area (Å²) in [7, 11) is 1.65. The maximum absolute atomic E-state index is 12.7. The Bertz CT molecular complexity index is 541. The number of carbonyl (C=O) groups is 1. The number of anilines is 1. The van der Waals surface area contributed by atoms with Crippen LogP contribution >= 0.6 is 0 Å². The largest absolute Gasteiger partial charge is 0.490 e. The molecule has 0 bridgehead atoms.